The van der Waals surface area contributed by atoms with E-state index < -0.39 is 17.2 Å². The number of H-pyrrole nitrogens is 2. The third kappa shape index (κ3) is 2.34. The number of aromatic amines is 2. The van der Waals surface area contributed by atoms with Gasteiger partial charge in [-0.2, -0.15) is 4.39 Å². The summed E-state index contributed by atoms with van der Waals surface area (Å²) >= 11 is 0. The van der Waals surface area contributed by atoms with Gasteiger partial charge in [0.2, 0.25) is 5.95 Å². The third-order valence-corrected chi connectivity index (χ3v) is 1.81. The van der Waals surface area contributed by atoms with Gasteiger partial charge in [-0.15, -0.1) is 12.4 Å². The highest BCUT2D eigenvalue weighted by atomic mass is 35.5. The molecular weight excluding hydrogens is 237 g/mol. The van der Waals surface area contributed by atoms with E-state index in [1.165, 1.54) is 24.4 Å². The lowest BCUT2D eigenvalue weighted by atomic mass is 10.2. The Morgan fingerprint density at radius 3 is 2.62 bits per heavy atom. The van der Waals surface area contributed by atoms with Gasteiger partial charge in [-0.3, -0.25) is 9.78 Å². The van der Waals surface area contributed by atoms with E-state index in [9.17, 15) is 14.0 Å². The van der Waals surface area contributed by atoms with E-state index in [1.54, 1.807) is 0 Å². The van der Waals surface area contributed by atoms with E-state index >= 15 is 0 Å². The zero-order valence-corrected chi connectivity index (χ0v) is 8.68. The number of pyridine rings is 1. The summed E-state index contributed by atoms with van der Waals surface area (Å²) in [5.41, 5.74) is -0.918. The Balaban J connectivity index is 0.00000128. The monoisotopic (exact) mass is 243 g/mol. The van der Waals surface area contributed by atoms with E-state index in [0.29, 0.717) is 0 Å². The van der Waals surface area contributed by atoms with Gasteiger partial charge in [0.25, 0.3) is 5.56 Å². The van der Waals surface area contributed by atoms with Crippen molar-refractivity contribution in [3.05, 3.63) is 51.2 Å². The van der Waals surface area contributed by atoms with Crippen molar-refractivity contribution in [3.63, 3.8) is 0 Å². The molecule has 2 rings (SSSR count). The first-order valence-electron chi connectivity index (χ1n) is 4.12. The maximum atomic E-state index is 12.8. The van der Waals surface area contributed by atoms with E-state index in [0.717, 1.165) is 0 Å². The molecule has 84 valence electrons. The van der Waals surface area contributed by atoms with E-state index in [4.69, 9.17) is 0 Å². The van der Waals surface area contributed by atoms with Gasteiger partial charge in [-0.25, -0.2) is 9.78 Å². The molecule has 0 atom stereocenters. The van der Waals surface area contributed by atoms with Gasteiger partial charge >= 0.3 is 5.69 Å². The lowest BCUT2D eigenvalue weighted by Gasteiger charge is -1.97. The minimum Gasteiger partial charge on any atom is -0.313 e. The fourth-order valence-electron chi connectivity index (χ4n) is 1.16. The normalized spacial score (nSPS) is 9.56. The standard InChI is InChI=1S/C9H6FN3O2.ClH/c10-7-3-1-2-6(12-7)5-4-11-9(15)13-8(5)14;/h1-4H,(H2,11,13,14,15);1H. The predicted molar refractivity (Wildman–Crippen MR) is 58.1 cm³/mol. The highest BCUT2D eigenvalue weighted by Gasteiger charge is 2.05. The topological polar surface area (TPSA) is 78.6 Å². The van der Waals surface area contributed by atoms with Crippen molar-refractivity contribution >= 4 is 12.4 Å². The van der Waals surface area contributed by atoms with Gasteiger partial charge in [0.1, 0.15) is 0 Å². The van der Waals surface area contributed by atoms with Crippen LogP contribution in [0.3, 0.4) is 0 Å². The van der Waals surface area contributed by atoms with Crippen molar-refractivity contribution < 1.29 is 4.39 Å². The first kappa shape index (κ1) is 12.1. The van der Waals surface area contributed by atoms with Crippen molar-refractivity contribution in [1.82, 2.24) is 15.0 Å². The number of nitrogens with zero attached hydrogens (tertiary/aromatic N) is 1. The Morgan fingerprint density at radius 1 is 1.25 bits per heavy atom. The predicted octanol–water partition coefficient (Wildman–Crippen LogP) is 0.686. The summed E-state index contributed by atoms with van der Waals surface area (Å²) in [7, 11) is 0. The number of rotatable bonds is 1. The van der Waals surface area contributed by atoms with E-state index in [2.05, 4.69) is 9.97 Å². The number of halogens is 2. The molecular formula is C9H7ClFN3O2. The van der Waals surface area contributed by atoms with Crippen LogP contribution in [0.25, 0.3) is 11.3 Å². The lowest BCUT2D eigenvalue weighted by Crippen LogP contribution is -2.22. The van der Waals surface area contributed by atoms with Crippen LogP contribution in [0.15, 0.2) is 34.0 Å². The summed E-state index contributed by atoms with van der Waals surface area (Å²) in [6.45, 7) is 0. The van der Waals surface area contributed by atoms with Crippen LogP contribution in [0.1, 0.15) is 0 Å². The molecule has 0 amide bonds. The van der Waals surface area contributed by atoms with Crippen molar-refractivity contribution in [1.29, 1.82) is 0 Å². The summed E-state index contributed by atoms with van der Waals surface area (Å²) in [4.78, 5) is 29.9. The molecule has 2 aromatic heterocycles. The summed E-state index contributed by atoms with van der Waals surface area (Å²) < 4.78 is 12.8. The molecule has 2 aromatic rings. The van der Waals surface area contributed by atoms with Crippen LogP contribution in [0, 0.1) is 5.95 Å². The Bertz CT molecular complexity index is 608. The van der Waals surface area contributed by atoms with Crippen LogP contribution in [-0.4, -0.2) is 15.0 Å². The minimum atomic E-state index is -0.682. The Morgan fingerprint density at radius 2 is 2.00 bits per heavy atom. The summed E-state index contributed by atoms with van der Waals surface area (Å²) in [5, 5.41) is 0. The average molecular weight is 244 g/mol. The van der Waals surface area contributed by atoms with Gasteiger partial charge in [-0.1, -0.05) is 6.07 Å². The van der Waals surface area contributed by atoms with Crippen LogP contribution >= 0.6 is 12.4 Å². The fourth-order valence-corrected chi connectivity index (χ4v) is 1.16. The quantitative estimate of drug-likeness (QED) is 0.723. The van der Waals surface area contributed by atoms with Crippen molar-refractivity contribution in [2.45, 2.75) is 0 Å². The summed E-state index contributed by atoms with van der Waals surface area (Å²) in [6.07, 6.45) is 1.20. The first-order valence-corrected chi connectivity index (χ1v) is 4.12. The van der Waals surface area contributed by atoms with Crippen LogP contribution in [0.2, 0.25) is 0 Å². The maximum Gasteiger partial charge on any atom is 0.325 e. The van der Waals surface area contributed by atoms with Gasteiger partial charge in [0, 0.05) is 6.20 Å². The van der Waals surface area contributed by atoms with Gasteiger partial charge in [0.15, 0.2) is 0 Å². The molecule has 5 nitrogen and oxygen atoms in total. The third-order valence-electron chi connectivity index (χ3n) is 1.81. The highest BCUT2D eigenvalue weighted by molar-refractivity contribution is 5.85. The zero-order valence-electron chi connectivity index (χ0n) is 7.86. The van der Waals surface area contributed by atoms with E-state index in [-0.39, 0.29) is 23.7 Å². The molecule has 2 N–H and O–H groups in total. The Hall–Kier alpha value is -1.95. The fraction of sp³-hybridized carbons (Fsp3) is 0. The summed E-state index contributed by atoms with van der Waals surface area (Å²) in [6, 6.07) is 4.08. The average Bonchev–Trinajstić information content (AvgIpc) is 2.17. The number of hydrogen-bond donors (Lipinski definition) is 2. The van der Waals surface area contributed by atoms with Gasteiger partial charge < -0.3 is 4.98 Å². The molecule has 0 unspecified atom stereocenters. The molecule has 0 aliphatic carbocycles. The van der Waals surface area contributed by atoms with Gasteiger partial charge in [-0.05, 0) is 12.1 Å². The molecule has 7 heteroatoms. The molecule has 2 heterocycles. The molecule has 0 aliphatic heterocycles. The van der Waals surface area contributed by atoms with Crippen LogP contribution in [0.4, 0.5) is 4.39 Å². The molecule has 0 spiro atoms. The van der Waals surface area contributed by atoms with Crippen molar-refractivity contribution in [3.8, 4) is 11.3 Å². The Kier molecular flexibility index (Phi) is 3.57. The molecule has 0 fully saturated rings. The van der Waals surface area contributed by atoms with Crippen molar-refractivity contribution in [2.75, 3.05) is 0 Å². The summed E-state index contributed by atoms with van der Waals surface area (Å²) in [5.74, 6) is -0.682. The molecule has 0 aliphatic rings. The molecule has 0 bridgehead atoms. The number of nitrogens with one attached hydrogen (secondary N) is 2. The van der Waals surface area contributed by atoms with Gasteiger partial charge in [0.05, 0.1) is 11.3 Å². The second kappa shape index (κ2) is 4.71. The second-order valence-electron chi connectivity index (χ2n) is 2.83. The smallest absolute Gasteiger partial charge is 0.313 e. The zero-order chi connectivity index (χ0) is 10.8. The SMILES string of the molecule is Cl.O=c1[nH]cc(-c2cccc(F)n2)c(=O)[nH]1. The molecule has 0 aromatic carbocycles. The second-order valence-corrected chi connectivity index (χ2v) is 2.83. The number of aromatic nitrogens is 3. The van der Waals surface area contributed by atoms with E-state index in [1.807, 2.05) is 4.98 Å². The Labute approximate surface area is 94.8 Å². The van der Waals surface area contributed by atoms with Crippen LogP contribution < -0.4 is 11.2 Å². The molecule has 0 saturated carbocycles. The molecule has 16 heavy (non-hydrogen) atoms. The minimum absolute atomic E-state index is 0. The lowest BCUT2D eigenvalue weighted by molar-refractivity contribution is 0.585. The molecule has 0 radical (unpaired) electrons. The van der Waals surface area contributed by atoms with Crippen LogP contribution in [-0.2, 0) is 0 Å². The maximum absolute atomic E-state index is 12.8. The van der Waals surface area contributed by atoms with Crippen molar-refractivity contribution in [2.24, 2.45) is 0 Å². The number of hydrogen-bond acceptors (Lipinski definition) is 3. The molecule has 0 saturated heterocycles. The highest BCUT2D eigenvalue weighted by Crippen LogP contribution is 2.09. The largest absolute Gasteiger partial charge is 0.325 e. The first-order chi connectivity index (χ1) is 7.16. The van der Waals surface area contributed by atoms with Crippen LogP contribution in [0.5, 0.6) is 0 Å².